The number of hydrogen-bond acceptors (Lipinski definition) is 2. The number of hydrogen-bond donors (Lipinski definition) is 2. The lowest BCUT2D eigenvalue weighted by Gasteiger charge is -2.28. The molecule has 3 nitrogen and oxygen atoms in total. The van der Waals surface area contributed by atoms with Crippen molar-refractivity contribution < 1.29 is 14.3 Å². The van der Waals surface area contributed by atoms with Crippen molar-refractivity contribution >= 4 is 5.97 Å². The number of carbonyl (C=O) groups is 1. The normalized spacial score (nSPS) is 14.4. The molecule has 0 spiro atoms. The maximum Gasteiger partial charge on any atom is 0.315 e. The van der Waals surface area contributed by atoms with Gasteiger partial charge in [0, 0.05) is 6.54 Å². The van der Waals surface area contributed by atoms with E-state index in [4.69, 9.17) is 5.73 Å². The van der Waals surface area contributed by atoms with Gasteiger partial charge in [0.15, 0.2) is 0 Å². The Kier molecular flexibility index (Phi) is 4.43. The van der Waals surface area contributed by atoms with Crippen molar-refractivity contribution in [3.05, 3.63) is 35.9 Å². The number of halogens is 1. The molecule has 0 amide bonds. The molecule has 1 aromatic rings. The summed E-state index contributed by atoms with van der Waals surface area (Å²) in [7, 11) is 0. The van der Waals surface area contributed by atoms with E-state index in [2.05, 4.69) is 0 Å². The van der Waals surface area contributed by atoms with Crippen LogP contribution in [0.3, 0.4) is 0 Å². The van der Waals surface area contributed by atoms with E-state index >= 15 is 0 Å². The highest BCUT2D eigenvalue weighted by Crippen LogP contribution is 2.28. The van der Waals surface area contributed by atoms with Gasteiger partial charge in [-0.25, -0.2) is 0 Å². The Balaban J connectivity index is 3.07. The molecule has 1 rings (SSSR count). The first-order chi connectivity index (χ1) is 7.67. The van der Waals surface area contributed by atoms with Crippen molar-refractivity contribution in [3.8, 4) is 0 Å². The highest BCUT2D eigenvalue weighted by molar-refractivity contribution is 5.81. The van der Waals surface area contributed by atoms with Crippen LogP contribution < -0.4 is 5.73 Å². The fourth-order valence-electron chi connectivity index (χ4n) is 1.81. The van der Waals surface area contributed by atoms with Gasteiger partial charge < -0.3 is 10.8 Å². The summed E-state index contributed by atoms with van der Waals surface area (Å²) < 4.78 is 12.2. The third-order valence-corrected chi connectivity index (χ3v) is 2.82. The Morgan fingerprint density at radius 1 is 1.38 bits per heavy atom. The largest absolute Gasteiger partial charge is 0.481 e. The van der Waals surface area contributed by atoms with Crippen LogP contribution in [0.15, 0.2) is 30.3 Å². The van der Waals surface area contributed by atoms with Crippen molar-refractivity contribution in [2.75, 3.05) is 13.2 Å². The third-order valence-electron chi connectivity index (χ3n) is 2.82. The molecule has 0 saturated heterocycles. The highest BCUT2D eigenvalue weighted by Gasteiger charge is 2.38. The molecule has 0 bridgehead atoms. The number of alkyl halides is 1. The van der Waals surface area contributed by atoms with Crippen molar-refractivity contribution in [1.82, 2.24) is 0 Å². The van der Waals surface area contributed by atoms with Gasteiger partial charge in [-0.3, -0.25) is 9.18 Å². The quantitative estimate of drug-likeness (QED) is 0.774. The molecule has 0 fully saturated rings. The zero-order valence-electron chi connectivity index (χ0n) is 9.03. The molecule has 0 aliphatic heterocycles. The van der Waals surface area contributed by atoms with Gasteiger partial charge in [0.05, 0.1) is 6.67 Å². The standard InChI is InChI=1S/C12H16FNO2/c13-8-4-7-12(9-14,11(15)16)10-5-2-1-3-6-10/h1-3,5-6H,4,7-9,14H2,(H,15,16). The molecule has 88 valence electrons. The molecule has 0 aliphatic rings. The summed E-state index contributed by atoms with van der Waals surface area (Å²) in [5, 5.41) is 9.30. The number of carboxylic acids is 1. The van der Waals surface area contributed by atoms with E-state index in [9.17, 15) is 14.3 Å². The van der Waals surface area contributed by atoms with Crippen LogP contribution in [-0.2, 0) is 10.2 Å². The Labute approximate surface area is 94.1 Å². The van der Waals surface area contributed by atoms with E-state index in [0.29, 0.717) is 5.56 Å². The van der Waals surface area contributed by atoms with E-state index in [-0.39, 0.29) is 19.4 Å². The summed E-state index contributed by atoms with van der Waals surface area (Å²) >= 11 is 0. The van der Waals surface area contributed by atoms with E-state index in [0.717, 1.165) is 0 Å². The molecular formula is C12H16FNO2. The van der Waals surface area contributed by atoms with Crippen LogP contribution in [0.1, 0.15) is 18.4 Å². The number of aliphatic carboxylic acids is 1. The minimum Gasteiger partial charge on any atom is -0.481 e. The second-order valence-corrected chi connectivity index (χ2v) is 3.75. The average Bonchev–Trinajstić information content (AvgIpc) is 2.31. The Morgan fingerprint density at radius 2 is 2.00 bits per heavy atom. The second kappa shape index (κ2) is 5.61. The molecule has 0 aliphatic carbocycles. The predicted molar refractivity (Wildman–Crippen MR) is 60.0 cm³/mol. The molecular weight excluding hydrogens is 209 g/mol. The topological polar surface area (TPSA) is 63.3 Å². The molecule has 0 radical (unpaired) electrons. The minimum absolute atomic E-state index is 0.0215. The van der Waals surface area contributed by atoms with Crippen molar-refractivity contribution in [1.29, 1.82) is 0 Å². The van der Waals surface area contributed by atoms with Gasteiger partial charge in [0.1, 0.15) is 5.41 Å². The van der Waals surface area contributed by atoms with Crippen molar-refractivity contribution in [2.24, 2.45) is 5.73 Å². The summed E-state index contributed by atoms with van der Waals surface area (Å²) in [4.78, 5) is 11.4. The lowest BCUT2D eigenvalue weighted by Crippen LogP contribution is -2.43. The Morgan fingerprint density at radius 3 is 2.44 bits per heavy atom. The van der Waals surface area contributed by atoms with Crippen LogP contribution in [0.4, 0.5) is 4.39 Å². The van der Waals surface area contributed by atoms with E-state index in [1.165, 1.54) is 0 Å². The van der Waals surface area contributed by atoms with Crippen LogP contribution in [0.25, 0.3) is 0 Å². The number of benzene rings is 1. The monoisotopic (exact) mass is 225 g/mol. The zero-order valence-corrected chi connectivity index (χ0v) is 9.03. The van der Waals surface area contributed by atoms with Gasteiger partial charge in [-0.2, -0.15) is 0 Å². The van der Waals surface area contributed by atoms with Crippen LogP contribution in [0, 0.1) is 0 Å². The van der Waals surface area contributed by atoms with Crippen molar-refractivity contribution in [2.45, 2.75) is 18.3 Å². The van der Waals surface area contributed by atoms with Gasteiger partial charge in [-0.05, 0) is 18.4 Å². The first kappa shape index (κ1) is 12.6. The summed E-state index contributed by atoms with van der Waals surface area (Å²) in [6.07, 6.45) is 0.428. The summed E-state index contributed by atoms with van der Waals surface area (Å²) in [5.74, 6) is -0.991. The van der Waals surface area contributed by atoms with E-state index < -0.39 is 18.1 Å². The van der Waals surface area contributed by atoms with Gasteiger partial charge in [0.2, 0.25) is 0 Å². The summed E-state index contributed by atoms with van der Waals surface area (Å²) in [5.41, 5.74) is 5.06. The maximum absolute atomic E-state index is 12.2. The van der Waals surface area contributed by atoms with Crippen molar-refractivity contribution in [3.63, 3.8) is 0 Å². The van der Waals surface area contributed by atoms with Crippen LogP contribution in [0.2, 0.25) is 0 Å². The van der Waals surface area contributed by atoms with E-state index in [1.807, 2.05) is 6.07 Å². The lowest BCUT2D eigenvalue weighted by molar-refractivity contribution is -0.143. The Bertz CT molecular complexity index is 342. The minimum atomic E-state index is -1.16. The number of rotatable bonds is 6. The smallest absolute Gasteiger partial charge is 0.315 e. The summed E-state index contributed by atoms with van der Waals surface area (Å²) in [6.45, 7) is -0.547. The molecule has 1 unspecified atom stereocenters. The van der Waals surface area contributed by atoms with E-state index in [1.54, 1.807) is 24.3 Å². The second-order valence-electron chi connectivity index (χ2n) is 3.75. The van der Waals surface area contributed by atoms with Gasteiger partial charge in [0.25, 0.3) is 0 Å². The van der Waals surface area contributed by atoms with Gasteiger partial charge in [-0.1, -0.05) is 30.3 Å². The molecule has 16 heavy (non-hydrogen) atoms. The maximum atomic E-state index is 12.2. The van der Waals surface area contributed by atoms with Gasteiger partial charge in [-0.15, -0.1) is 0 Å². The predicted octanol–water partition coefficient (Wildman–Crippen LogP) is 1.72. The first-order valence-corrected chi connectivity index (χ1v) is 5.22. The van der Waals surface area contributed by atoms with Crippen LogP contribution >= 0.6 is 0 Å². The molecule has 1 atom stereocenters. The fraction of sp³-hybridized carbons (Fsp3) is 0.417. The summed E-state index contributed by atoms with van der Waals surface area (Å²) in [6, 6.07) is 8.77. The lowest BCUT2D eigenvalue weighted by atomic mass is 9.77. The number of nitrogens with two attached hydrogens (primary N) is 1. The molecule has 0 aromatic heterocycles. The zero-order chi connectivity index (χ0) is 12.0. The molecule has 1 aromatic carbocycles. The van der Waals surface area contributed by atoms with Crippen LogP contribution in [-0.4, -0.2) is 24.3 Å². The van der Waals surface area contributed by atoms with Crippen LogP contribution in [0.5, 0.6) is 0 Å². The molecule has 3 N–H and O–H groups in total. The van der Waals surface area contributed by atoms with Gasteiger partial charge >= 0.3 is 5.97 Å². The molecule has 4 heteroatoms. The number of carboxylic acid groups (broad SMARTS) is 1. The highest BCUT2D eigenvalue weighted by atomic mass is 19.1. The molecule has 0 heterocycles. The fourth-order valence-corrected chi connectivity index (χ4v) is 1.81. The molecule has 0 saturated carbocycles. The Hall–Kier alpha value is -1.42. The third kappa shape index (κ3) is 2.39. The first-order valence-electron chi connectivity index (χ1n) is 5.22. The average molecular weight is 225 g/mol. The SMILES string of the molecule is NCC(CCCF)(C(=O)O)c1ccccc1.